The predicted octanol–water partition coefficient (Wildman–Crippen LogP) is 3.38. The van der Waals surface area contributed by atoms with Crippen LogP contribution in [0.3, 0.4) is 0 Å². The fourth-order valence-electron chi connectivity index (χ4n) is 2.21. The zero-order valence-electron chi connectivity index (χ0n) is 11.6. The number of hydrogen-bond donors (Lipinski definition) is 1. The van der Waals surface area contributed by atoms with Crippen LogP contribution in [0.5, 0.6) is 0 Å². The van der Waals surface area contributed by atoms with E-state index in [-0.39, 0.29) is 11.6 Å². The highest BCUT2D eigenvalue weighted by Gasteiger charge is 2.22. The molecule has 2 aromatic rings. The smallest absolute Gasteiger partial charge is 0.260 e. The zero-order chi connectivity index (χ0) is 14.7. The first-order valence-electron chi connectivity index (χ1n) is 6.47. The van der Waals surface area contributed by atoms with Crippen molar-refractivity contribution in [1.82, 2.24) is 0 Å². The van der Waals surface area contributed by atoms with Crippen LogP contribution in [0.15, 0.2) is 42.5 Å². The molecule has 1 amide bonds. The lowest BCUT2D eigenvalue weighted by Crippen LogP contribution is -2.32. The van der Waals surface area contributed by atoms with Crippen LogP contribution in [0, 0.1) is 12.7 Å². The van der Waals surface area contributed by atoms with Crippen LogP contribution in [0.25, 0.3) is 0 Å². The van der Waals surface area contributed by atoms with E-state index in [0.717, 1.165) is 5.56 Å². The summed E-state index contributed by atoms with van der Waals surface area (Å²) in [5.74, 6) is -0.706. The van der Waals surface area contributed by atoms with Crippen molar-refractivity contribution in [1.29, 1.82) is 0 Å². The summed E-state index contributed by atoms with van der Waals surface area (Å²) in [6, 6.07) is 11.5. The van der Waals surface area contributed by atoms with Crippen molar-refractivity contribution in [2.75, 3.05) is 17.2 Å². The van der Waals surface area contributed by atoms with Gasteiger partial charge < -0.3 is 10.6 Å². The average Bonchev–Trinajstić information content (AvgIpc) is 2.41. The molecule has 0 heterocycles. The molecule has 2 rings (SSSR count). The van der Waals surface area contributed by atoms with Crippen LogP contribution in [0.1, 0.15) is 22.8 Å². The maximum atomic E-state index is 13.9. The van der Waals surface area contributed by atoms with Crippen molar-refractivity contribution >= 4 is 17.3 Å². The molecule has 0 saturated heterocycles. The van der Waals surface area contributed by atoms with E-state index in [2.05, 4.69) is 0 Å². The van der Waals surface area contributed by atoms with Gasteiger partial charge in [0.2, 0.25) is 0 Å². The predicted molar refractivity (Wildman–Crippen MR) is 79.3 cm³/mol. The molecule has 0 fully saturated rings. The van der Waals surface area contributed by atoms with E-state index in [1.165, 1.54) is 11.0 Å². The van der Waals surface area contributed by atoms with Gasteiger partial charge in [0, 0.05) is 12.2 Å². The molecule has 4 heteroatoms. The molecule has 0 spiro atoms. The van der Waals surface area contributed by atoms with E-state index in [9.17, 15) is 9.18 Å². The maximum Gasteiger partial charge on any atom is 0.260 e. The Labute approximate surface area is 117 Å². The molecule has 104 valence electrons. The molecule has 2 N–H and O–H groups in total. The van der Waals surface area contributed by atoms with Gasteiger partial charge in [-0.2, -0.15) is 0 Å². The van der Waals surface area contributed by atoms with Gasteiger partial charge in [-0.3, -0.25) is 4.79 Å². The second-order valence-electron chi connectivity index (χ2n) is 4.54. The fraction of sp³-hybridized carbons (Fsp3) is 0.188. The van der Waals surface area contributed by atoms with Gasteiger partial charge in [0.1, 0.15) is 5.82 Å². The van der Waals surface area contributed by atoms with Gasteiger partial charge in [0.25, 0.3) is 5.91 Å². The van der Waals surface area contributed by atoms with Crippen molar-refractivity contribution < 1.29 is 9.18 Å². The van der Waals surface area contributed by atoms with Crippen molar-refractivity contribution in [2.24, 2.45) is 0 Å². The number of rotatable bonds is 3. The summed E-state index contributed by atoms with van der Waals surface area (Å²) in [4.78, 5) is 14.0. The first-order valence-corrected chi connectivity index (χ1v) is 6.47. The quantitative estimate of drug-likeness (QED) is 0.871. The van der Waals surface area contributed by atoms with E-state index in [4.69, 9.17) is 5.73 Å². The van der Waals surface area contributed by atoms with Crippen LogP contribution in [0.4, 0.5) is 15.8 Å². The summed E-state index contributed by atoms with van der Waals surface area (Å²) in [5, 5.41) is 0. The Hall–Kier alpha value is -2.36. The molecule has 0 unspecified atom stereocenters. The van der Waals surface area contributed by atoms with Crippen LogP contribution in [-0.4, -0.2) is 12.5 Å². The lowest BCUT2D eigenvalue weighted by molar-refractivity contribution is 0.0987. The minimum absolute atomic E-state index is 0.266. The van der Waals surface area contributed by atoms with Gasteiger partial charge >= 0.3 is 0 Å². The Balaban J connectivity index is 2.48. The van der Waals surface area contributed by atoms with Crippen molar-refractivity contribution in [3.8, 4) is 0 Å². The third-order valence-electron chi connectivity index (χ3n) is 3.22. The molecule has 0 radical (unpaired) electrons. The molecule has 0 bridgehead atoms. The highest BCUT2D eigenvalue weighted by Crippen LogP contribution is 2.24. The van der Waals surface area contributed by atoms with Crippen LogP contribution >= 0.6 is 0 Å². The molecule has 3 nitrogen and oxygen atoms in total. The first kappa shape index (κ1) is 14.1. The molecular formula is C16H17FN2O. The van der Waals surface area contributed by atoms with Gasteiger partial charge in [-0.1, -0.05) is 24.3 Å². The summed E-state index contributed by atoms with van der Waals surface area (Å²) >= 11 is 0. The Morgan fingerprint density at radius 2 is 1.90 bits per heavy atom. The zero-order valence-corrected chi connectivity index (χ0v) is 11.6. The van der Waals surface area contributed by atoms with E-state index < -0.39 is 5.82 Å². The number of amides is 1. The lowest BCUT2D eigenvalue weighted by atomic mass is 10.0. The van der Waals surface area contributed by atoms with Crippen LogP contribution in [-0.2, 0) is 0 Å². The third-order valence-corrected chi connectivity index (χ3v) is 3.22. The molecule has 0 aliphatic rings. The third kappa shape index (κ3) is 2.50. The maximum absolute atomic E-state index is 13.9. The second kappa shape index (κ2) is 5.74. The number of anilines is 2. The van der Waals surface area contributed by atoms with Gasteiger partial charge in [-0.25, -0.2) is 4.39 Å². The summed E-state index contributed by atoms with van der Waals surface area (Å²) in [6.07, 6.45) is 0. The molecule has 0 aliphatic carbocycles. The van der Waals surface area contributed by atoms with E-state index >= 15 is 0 Å². The number of nitrogens with zero attached hydrogens (tertiary/aromatic N) is 1. The molecule has 0 aromatic heterocycles. The number of carbonyl (C=O) groups excluding carboxylic acids is 1. The summed E-state index contributed by atoms with van der Waals surface area (Å²) in [5.41, 5.74) is 7.77. The van der Waals surface area contributed by atoms with Crippen molar-refractivity contribution in [3.63, 3.8) is 0 Å². The van der Waals surface area contributed by atoms with Crippen LogP contribution in [0.2, 0.25) is 0 Å². The number of carbonyl (C=O) groups is 1. The number of benzene rings is 2. The minimum Gasteiger partial charge on any atom is -0.398 e. The highest BCUT2D eigenvalue weighted by atomic mass is 19.1. The van der Waals surface area contributed by atoms with E-state index in [0.29, 0.717) is 17.8 Å². The molecule has 20 heavy (non-hydrogen) atoms. The molecule has 2 aromatic carbocycles. The minimum atomic E-state index is -0.421. The number of halogens is 1. The molecular weight excluding hydrogens is 255 g/mol. The number of nitrogens with two attached hydrogens (primary N) is 1. The fourth-order valence-corrected chi connectivity index (χ4v) is 2.21. The number of aryl methyl sites for hydroxylation is 1. The van der Waals surface area contributed by atoms with Gasteiger partial charge in [-0.05, 0) is 37.6 Å². The normalized spacial score (nSPS) is 10.3. The highest BCUT2D eigenvalue weighted by molar-refractivity contribution is 6.10. The van der Waals surface area contributed by atoms with E-state index in [1.54, 1.807) is 37.3 Å². The molecule has 0 atom stereocenters. The summed E-state index contributed by atoms with van der Waals surface area (Å²) in [6.45, 7) is 3.99. The Morgan fingerprint density at radius 3 is 2.50 bits per heavy atom. The first-order chi connectivity index (χ1) is 9.56. The Kier molecular flexibility index (Phi) is 4.03. The number of hydrogen-bond acceptors (Lipinski definition) is 2. The SMILES string of the molecule is CCN(C(=O)c1c(C)cccc1N)c1ccccc1F. The van der Waals surface area contributed by atoms with Crippen molar-refractivity contribution in [3.05, 3.63) is 59.4 Å². The Morgan fingerprint density at radius 1 is 1.20 bits per heavy atom. The standard InChI is InChI=1S/C16H17FN2O/c1-3-19(14-10-5-4-8-12(14)17)16(20)15-11(2)7-6-9-13(15)18/h4-10H,3,18H2,1-2H3. The Bertz CT molecular complexity index is 620. The van der Waals surface area contributed by atoms with Gasteiger partial charge in [0.05, 0.1) is 11.3 Å². The summed E-state index contributed by atoms with van der Waals surface area (Å²) < 4.78 is 13.9. The lowest BCUT2D eigenvalue weighted by Gasteiger charge is -2.23. The van der Waals surface area contributed by atoms with E-state index in [1.807, 2.05) is 13.0 Å². The van der Waals surface area contributed by atoms with Crippen molar-refractivity contribution in [2.45, 2.75) is 13.8 Å². The topological polar surface area (TPSA) is 46.3 Å². The van der Waals surface area contributed by atoms with Gasteiger partial charge in [0.15, 0.2) is 0 Å². The van der Waals surface area contributed by atoms with Gasteiger partial charge in [-0.15, -0.1) is 0 Å². The number of para-hydroxylation sites is 1. The second-order valence-corrected chi connectivity index (χ2v) is 4.54. The molecule has 0 saturated carbocycles. The van der Waals surface area contributed by atoms with Crippen LogP contribution < -0.4 is 10.6 Å². The number of nitrogen functional groups attached to an aromatic ring is 1. The average molecular weight is 272 g/mol. The molecule has 0 aliphatic heterocycles. The largest absolute Gasteiger partial charge is 0.398 e. The monoisotopic (exact) mass is 272 g/mol. The summed E-state index contributed by atoms with van der Waals surface area (Å²) in [7, 11) is 0.